The topological polar surface area (TPSA) is 101 Å². The molecule has 1 rings (SSSR count). The van der Waals surface area contributed by atoms with Crippen molar-refractivity contribution in [3.63, 3.8) is 0 Å². The first kappa shape index (κ1) is 11.0. The third kappa shape index (κ3) is 2.04. The molecule has 1 atom stereocenters. The SMILES string of the molecule is NC(C(=O)O)C1(CC(=O)O)CCCC1. The van der Waals surface area contributed by atoms with Crippen molar-refractivity contribution in [3.05, 3.63) is 0 Å². The van der Waals surface area contributed by atoms with Crippen molar-refractivity contribution in [1.29, 1.82) is 0 Å². The number of carboxylic acid groups (broad SMARTS) is 2. The van der Waals surface area contributed by atoms with Crippen LogP contribution in [0.5, 0.6) is 0 Å². The Bertz CT molecular complexity index is 245. The molecule has 0 bridgehead atoms. The highest BCUT2D eigenvalue weighted by Gasteiger charge is 2.44. The molecule has 1 fully saturated rings. The Morgan fingerprint density at radius 3 is 2.14 bits per heavy atom. The van der Waals surface area contributed by atoms with Crippen LogP contribution in [-0.2, 0) is 9.59 Å². The summed E-state index contributed by atoms with van der Waals surface area (Å²) >= 11 is 0. The molecule has 0 radical (unpaired) electrons. The van der Waals surface area contributed by atoms with E-state index in [-0.39, 0.29) is 6.42 Å². The zero-order valence-electron chi connectivity index (χ0n) is 7.90. The van der Waals surface area contributed by atoms with Gasteiger partial charge in [0.15, 0.2) is 0 Å². The number of rotatable bonds is 4. The van der Waals surface area contributed by atoms with Crippen molar-refractivity contribution in [3.8, 4) is 0 Å². The van der Waals surface area contributed by atoms with Gasteiger partial charge in [0.05, 0.1) is 6.42 Å². The lowest BCUT2D eigenvalue weighted by Crippen LogP contribution is -2.47. The molecule has 1 unspecified atom stereocenters. The monoisotopic (exact) mass is 201 g/mol. The molecular formula is C9H15NO4. The number of carbonyl (C=O) groups is 2. The summed E-state index contributed by atoms with van der Waals surface area (Å²) in [6.07, 6.45) is 2.81. The summed E-state index contributed by atoms with van der Waals surface area (Å²) in [6.45, 7) is 0. The van der Waals surface area contributed by atoms with Crippen LogP contribution in [0.3, 0.4) is 0 Å². The van der Waals surface area contributed by atoms with Crippen molar-refractivity contribution >= 4 is 11.9 Å². The minimum Gasteiger partial charge on any atom is -0.481 e. The molecule has 4 N–H and O–H groups in total. The van der Waals surface area contributed by atoms with E-state index in [0.29, 0.717) is 12.8 Å². The van der Waals surface area contributed by atoms with Gasteiger partial charge in [-0.2, -0.15) is 0 Å². The Hall–Kier alpha value is -1.10. The fourth-order valence-corrected chi connectivity index (χ4v) is 2.24. The average molecular weight is 201 g/mol. The third-order valence-electron chi connectivity index (χ3n) is 3.03. The molecule has 0 aromatic rings. The number of carboxylic acids is 2. The zero-order valence-corrected chi connectivity index (χ0v) is 7.90. The summed E-state index contributed by atoms with van der Waals surface area (Å²) in [6, 6.07) is -1.05. The second kappa shape index (κ2) is 3.96. The van der Waals surface area contributed by atoms with E-state index in [4.69, 9.17) is 15.9 Å². The Kier molecular flexibility index (Phi) is 3.10. The molecular weight excluding hydrogens is 186 g/mol. The van der Waals surface area contributed by atoms with Crippen molar-refractivity contribution in [2.45, 2.75) is 38.1 Å². The molecule has 0 aromatic heterocycles. The highest BCUT2D eigenvalue weighted by Crippen LogP contribution is 2.43. The minimum absolute atomic E-state index is 0.138. The molecule has 0 aromatic carbocycles. The lowest BCUT2D eigenvalue weighted by molar-refractivity contribution is -0.145. The van der Waals surface area contributed by atoms with Gasteiger partial charge in [0, 0.05) is 5.41 Å². The van der Waals surface area contributed by atoms with E-state index < -0.39 is 23.4 Å². The van der Waals surface area contributed by atoms with Gasteiger partial charge in [-0.15, -0.1) is 0 Å². The first-order valence-corrected chi connectivity index (χ1v) is 4.68. The summed E-state index contributed by atoms with van der Waals surface area (Å²) < 4.78 is 0. The van der Waals surface area contributed by atoms with E-state index in [2.05, 4.69) is 0 Å². The second-order valence-corrected chi connectivity index (χ2v) is 3.96. The van der Waals surface area contributed by atoms with Crippen LogP contribution < -0.4 is 5.73 Å². The molecule has 0 aliphatic heterocycles. The molecule has 0 amide bonds. The lowest BCUT2D eigenvalue weighted by atomic mass is 9.76. The summed E-state index contributed by atoms with van der Waals surface area (Å²) in [5.74, 6) is -2.07. The Balaban J connectivity index is 2.80. The van der Waals surface area contributed by atoms with Crippen molar-refractivity contribution in [1.82, 2.24) is 0 Å². The molecule has 1 aliphatic carbocycles. The predicted molar refractivity (Wildman–Crippen MR) is 48.8 cm³/mol. The maximum absolute atomic E-state index is 10.8. The van der Waals surface area contributed by atoms with Gasteiger partial charge >= 0.3 is 11.9 Å². The van der Waals surface area contributed by atoms with Gasteiger partial charge in [-0.3, -0.25) is 9.59 Å². The molecule has 0 spiro atoms. The molecule has 5 nitrogen and oxygen atoms in total. The van der Waals surface area contributed by atoms with E-state index in [1.54, 1.807) is 0 Å². The molecule has 14 heavy (non-hydrogen) atoms. The van der Waals surface area contributed by atoms with E-state index in [1.165, 1.54) is 0 Å². The highest BCUT2D eigenvalue weighted by molar-refractivity contribution is 5.76. The van der Waals surface area contributed by atoms with Crippen LogP contribution in [0.25, 0.3) is 0 Å². The standard InChI is InChI=1S/C9H15NO4/c10-7(8(13)14)9(5-6(11)12)3-1-2-4-9/h7H,1-5,10H2,(H,11,12)(H,13,14). The van der Waals surface area contributed by atoms with Crippen molar-refractivity contribution < 1.29 is 19.8 Å². The third-order valence-corrected chi connectivity index (χ3v) is 3.03. The van der Waals surface area contributed by atoms with E-state index in [9.17, 15) is 9.59 Å². The molecule has 1 aliphatic rings. The smallest absolute Gasteiger partial charge is 0.321 e. The number of hydrogen-bond acceptors (Lipinski definition) is 3. The van der Waals surface area contributed by atoms with Gasteiger partial charge in [0.1, 0.15) is 6.04 Å². The zero-order chi connectivity index (χ0) is 10.8. The van der Waals surface area contributed by atoms with Gasteiger partial charge in [-0.1, -0.05) is 12.8 Å². The molecule has 80 valence electrons. The van der Waals surface area contributed by atoms with Crippen LogP contribution in [0.2, 0.25) is 0 Å². The number of nitrogens with two attached hydrogens (primary N) is 1. The van der Waals surface area contributed by atoms with E-state index >= 15 is 0 Å². The fraction of sp³-hybridized carbons (Fsp3) is 0.778. The normalized spacial score (nSPS) is 21.8. The maximum Gasteiger partial charge on any atom is 0.321 e. The molecule has 0 heterocycles. The van der Waals surface area contributed by atoms with Gasteiger partial charge in [-0.25, -0.2) is 0 Å². The Morgan fingerprint density at radius 2 is 1.79 bits per heavy atom. The van der Waals surface area contributed by atoms with Gasteiger partial charge in [0.25, 0.3) is 0 Å². The first-order valence-electron chi connectivity index (χ1n) is 4.68. The first-order chi connectivity index (χ1) is 6.48. The molecule has 0 saturated heterocycles. The van der Waals surface area contributed by atoms with Crippen LogP contribution in [0.4, 0.5) is 0 Å². The second-order valence-electron chi connectivity index (χ2n) is 3.96. The fourth-order valence-electron chi connectivity index (χ4n) is 2.24. The highest BCUT2D eigenvalue weighted by atomic mass is 16.4. The van der Waals surface area contributed by atoms with Crippen LogP contribution in [0.1, 0.15) is 32.1 Å². The van der Waals surface area contributed by atoms with Gasteiger partial charge in [0.2, 0.25) is 0 Å². The van der Waals surface area contributed by atoms with Crippen LogP contribution in [-0.4, -0.2) is 28.2 Å². The van der Waals surface area contributed by atoms with Crippen molar-refractivity contribution in [2.24, 2.45) is 11.1 Å². The Labute approximate surface area is 81.9 Å². The van der Waals surface area contributed by atoms with E-state index in [0.717, 1.165) is 12.8 Å². The molecule has 1 saturated carbocycles. The van der Waals surface area contributed by atoms with Gasteiger partial charge < -0.3 is 15.9 Å². The largest absolute Gasteiger partial charge is 0.481 e. The van der Waals surface area contributed by atoms with Crippen LogP contribution in [0.15, 0.2) is 0 Å². The van der Waals surface area contributed by atoms with Gasteiger partial charge in [-0.05, 0) is 12.8 Å². The summed E-state index contributed by atoms with van der Waals surface area (Å²) in [7, 11) is 0. The minimum atomic E-state index is -1.10. The summed E-state index contributed by atoms with van der Waals surface area (Å²) in [4.78, 5) is 21.4. The van der Waals surface area contributed by atoms with E-state index in [1.807, 2.05) is 0 Å². The number of aliphatic carboxylic acids is 2. The Morgan fingerprint density at radius 1 is 1.29 bits per heavy atom. The average Bonchev–Trinajstić information content (AvgIpc) is 2.51. The summed E-state index contributed by atoms with van der Waals surface area (Å²) in [5, 5.41) is 17.5. The van der Waals surface area contributed by atoms with Crippen molar-refractivity contribution in [2.75, 3.05) is 0 Å². The number of hydrogen-bond donors (Lipinski definition) is 3. The maximum atomic E-state index is 10.8. The molecule has 5 heteroatoms. The summed E-state index contributed by atoms with van der Waals surface area (Å²) in [5.41, 5.74) is 4.82. The predicted octanol–water partition coefficient (Wildman–Crippen LogP) is 0.433. The quantitative estimate of drug-likeness (QED) is 0.612. The lowest BCUT2D eigenvalue weighted by Gasteiger charge is -2.30. The van der Waals surface area contributed by atoms with Crippen LogP contribution >= 0.6 is 0 Å². The van der Waals surface area contributed by atoms with Crippen LogP contribution in [0, 0.1) is 5.41 Å².